The van der Waals surface area contributed by atoms with E-state index in [9.17, 15) is 13.8 Å². The molecule has 0 heterocycles. The fourth-order valence-electron chi connectivity index (χ4n) is 2.45. The zero-order chi connectivity index (χ0) is 19.1. The van der Waals surface area contributed by atoms with Crippen molar-refractivity contribution in [1.29, 1.82) is 0 Å². The molecular weight excluding hydrogens is 350 g/mol. The molecule has 2 unspecified atom stereocenters. The van der Waals surface area contributed by atoms with Crippen LogP contribution in [0.4, 0.5) is 0 Å². The quantitative estimate of drug-likeness (QED) is 0.756. The first kappa shape index (κ1) is 19.8. The van der Waals surface area contributed by atoms with Crippen LogP contribution in [-0.4, -0.2) is 28.4 Å². The second-order valence-corrected chi connectivity index (χ2v) is 7.54. The highest BCUT2D eigenvalue weighted by Crippen LogP contribution is 2.19. The van der Waals surface area contributed by atoms with Crippen molar-refractivity contribution >= 4 is 22.7 Å². The van der Waals surface area contributed by atoms with Crippen molar-refractivity contribution in [3.63, 3.8) is 0 Å². The molecule has 0 radical (unpaired) electrons. The predicted octanol–water partition coefficient (Wildman–Crippen LogP) is 3.24. The minimum atomic E-state index is -1.10. The summed E-state index contributed by atoms with van der Waals surface area (Å²) in [5.74, 6) is -0.671. The molecule has 0 aliphatic carbocycles. The molecule has 0 spiro atoms. The van der Waals surface area contributed by atoms with Crippen molar-refractivity contribution in [3.8, 4) is 0 Å². The van der Waals surface area contributed by atoms with E-state index in [1.807, 2.05) is 30.3 Å². The maximum Gasteiger partial charge on any atom is 0.308 e. The molecule has 0 saturated carbocycles. The molecule has 2 aromatic carbocycles. The largest absolute Gasteiger partial charge is 0.463 e. The van der Waals surface area contributed by atoms with E-state index in [4.69, 9.17) is 4.74 Å². The van der Waals surface area contributed by atoms with Crippen molar-refractivity contribution in [2.75, 3.05) is 6.26 Å². The van der Waals surface area contributed by atoms with Crippen LogP contribution >= 0.6 is 0 Å². The van der Waals surface area contributed by atoms with Gasteiger partial charge < -0.3 is 10.1 Å². The van der Waals surface area contributed by atoms with E-state index in [0.717, 1.165) is 5.56 Å². The number of hydrogen-bond donors (Lipinski definition) is 1. The van der Waals surface area contributed by atoms with Gasteiger partial charge in [-0.1, -0.05) is 30.3 Å². The Kier molecular flexibility index (Phi) is 7.09. The summed E-state index contributed by atoms with van der Waals surface area (Å²) in [5, 5.41) is 2.89. The Morgan fingerprint density at radius 2 is 1.65 bits per heavy atom. The summed E-state index contributed by atoms with van der Waals surface area (Å²) in [5.41, 5.74) is 1.27. The van der Waals surface area contributed by atoms with Crippen LogP contribution in [0.2, 0.25) is 0 Å². The summed E-state index contributed by atoms with van der Waals surface area (Å²) >= 11 is 0. The third kappa shape index (κ3) is 5.81. The molecule has 6 heteroatoms. The molecule has 0 saturated heterocycles. The first-order valence-corrected chi connectivity index (χ1v) is 9.91. The zero-order valence-electron chi connectivity index (χ0n) is 15.1. The van der Waals surface area contributed by atoms with Crippen LogP contribution in [0.15, 0.2) is 59.5 Å². The number of carbonyl (C=O) groups is 2. The van der Waals surface area contributed by atoms with Gasteiger partial charge in [0.1, 0.15) is 0 Å². The van der Waals surface area contributed by atoms with Crippen LogP contribution < -0.4 is 5.32 Å². The van der Waals surface area contributed by atoms with Crippen molar-refractivity contribution in [1.82, 2.24) is 5.32 Å². The maximum absolute atomic E-state index is 12.6. The van der Waals surface area contributed by atoms with E-state index in [2.05, 4.69) is 5.32 Å². The smallest absolute Gasteiger partial charge is 0.308 e. The molecule has 0 fully saturated rings. The lowest BCUT2D eigenvalue weighted by Crippen LogP contribution is -2.31. The van der Waals surface area contributed by atoms with E-state index in [-0.39, 0.29) is 24.4 Å². The lowest BCUT2D eigenvalue weighted by atomic mass is 10.0. The summed E-state index contributed by atoms with van der Waals surface area (Å²) in [6, 6.07) is 15.4. The molecule has 0 bridgehead atoms. The summed E-state index contributed by atoms with van der Waals surface area (Å²) in [7, 11) is -1.10. The number of hydrogen-bond acceptors (Lipinski definition) is 4. The van der Waals surface area contributed by atoms with Crippen molar-refractivity contribution < 1.29 is 18.5 Å². The molecule has 1 N–H and O–H groups in total. The van der Waals surface area contributed by atoms with Gasteiger partial charge in [0.15, 0.2) is 0 Å². The van der Waals surface area contributed by atoms with E-state index >= 15 is 0 Å². The average Bonchev–Trinajstić information content (AvgIpc) is 2.61. The van der Waals surface area contributed by atoms with E-state index in [1.54, 1.807) is 44.4 Å². The maximum atomic E-state index is 12.6. The second kappa shape index (κ2) is 9.29. The number of rotatable bonds is 7. The Labute approximate surface area is 156 Å². The molecule has 0 aromatic heterocycles. The number of esters is 1. The van der Waals surface area contributed by atoms with Gasteiger partial charge in [-0.2, -0.15) is 0 Å². The summed E-state index contributed by atoms with van der Waals surface area (Å²) in [4.78, 5) is 25.3. The Balaban J connectivity index is 2.16. The summed E-state index contributed by atoms with van der Waals surface area (Å²) < 4.78 is 16.7. The Hall–Kier alpha value is -2.47. The van der Waals surface area contributed by atoms with Gasteiger partial charge in [-0.05, 0) is 43.7 Å². The Bertz CT molecular complexity index is 772. The fraction of sp³-hybridized carbons (Fsp3) is 0.300. The summed E-state index contributed by atoms with van der Waals surface area (Å²) in [6.07, 6.45) is 1.42. The minimum Gasteiger partial charge on any atom is -0.463 e. The van der Waals surface area contributed by atoms with Gasteiger partial charge in [0, 0.05) is 27.5 Å². The zero-order valence-corrected chi connectivity index (χ0v) is 15.9. The van der Waals surface area contributed by atoms with Crippen LogP contribution in [0.5, 0.6) is 0 Å². The monoisotopic (exact) mass is 373 g/mol. The van der Waals surface area contributed by atoms with Crippen molar-refractivity contribution in [2.24, 2.45) is 0 Å². The van der Waals surface area contributed by atoms with Crippen molar-refractivity contribution in [2.45, 2.75) is 37.3 Å². The van der Waals surface area contributed by atoms with Gasteiger partial charge >= 0.3 is 5.97 Å². The average molecular weight is 373 g/mol. The molecule has 2 aromatic rings. The molecule has 138 valence electrons. The first-order chi connectivity index (χ1) is 12.4. The van der Waals surface area contributed by atoms with Crippen LogP contribution in [0, 0.1) is 0 Å². The highest BCUT2D eigenvalue weighted by Gasteiger charge is 2.20. The highest BCUT2D eigenvalue weighted by molar-refractivity contribution is 7.84. The molecule has 2 rings (SSSR count). The number of nitrogens with one attached hydrogen (secondary N) is 1. The highest BCUT2D eigenvalue weighted by atomic mass is 32.2. The lowest BCUT2D eigenvalue weighted by Gasteiger charge is -2.19. The molecule has 1 amide bonds. The van der Waals surface area contributed by atoms with Gasteiger partial charge in [0.25, 0.3) is 5.91 Å². The minimum absolute atomic E-state index is 0.0466. The number of carbonyl (C=O) groups excluding carboxylic acids is 2. The van der Waals surface area contributed by atoms with Gasteiger partial charge in [0.05, 0.1) is 18.6 Å². The topological polar surface area (TPSA) is 72.5 Å². The number of amides is 1. The van der Waals surface area contributed by atoms with Gasteiger partial charge in [0.2, 0.25) is 0 Å². The van der Waals surface area contributed by atoms with Crippen LogP contribution in [0.3, 0.4) is 0 Å². The lowest BCUT2D eigenvalue weighted by molar-refractivity contribution is -0.147. The van der Waals surface area contributed by atoms with Crippen LogP contribution in [0.25, 0.3) is 0 Å². The normalized spacial score (nSPS) is 13.1. The number of ether oxygens (including phenoxy) is 1. The molecule has 0 aliphatic heterocycles. The molecule has 2 atom stereocenters. The predicted molar refractivity (Wildman–Crippen MR) is 101 cm³/mol. The SMILES string of the molecule is CC(C)OC(=O)CC(NC(=O)c1ccc(S(C)=O)cc1)c1ccccc1. The fourth-order valence-corrected chi connectivity index (χ4v) is 2.97. The van der Waals surface area contributed by atoms with Crippen molar-refractivity contribution in [3.05, 3.63) is 65.7 Å². The van der Waals surface area contributed by atoms with Gasteiger partial charge in [-0.3, -0.25) is 13.8 Å². The van der Waals surface area contributed by atoms with E-state index < -0.39 is 16.8 Å². The third-order valence-electron chi connectivity index (χ3n) is 3.69. The molecule has 5 nitrogen and oxygen atoms in total. The van der Waals surface area contributed by atoms with Crippen LogP contribution in [0.1, 0.15) is 42.2 Å². The molecular formula is C20H23NO4S. The van der Waals surface area contributed by atoms with E-state index in [0.29, 0.717) is 10.5 Å². The van der Waals surface area contributed by atoms with Crippen LogP contribution in [-0.2, 0) is 20.3 Å². The number of benzene rings is 2. The summed E-state index contributed by atoms with van der Waals surface area (Å²) in [6.45, 7) is 3.57. The standard InChI is InChI=1S/C20H23NO4S/c1-14(2)25-19(22)13-18(15-7-5-4-6-8-15)21-20(23)16-9-11-17(12-10-16)26(3)24/h4-12,14,18H,13H2,1-3H3,(H,21,23). The Morgan fingerprint density at radius 1 is 1.04 bits per heavy atom. The second-order valence-electron chi connectivity index (χ2n) is 6.16. The van der Waals surface area contributed by atoms with Gasteiger partial charge in [-0.15, -0.1) is 0 Å². The Morgan fingerprint density at radius 3 is 2.19 bits per heavy atom. The van der Waals surface area contributed by atoms with Gasteiger partial charge in [-0.25, -0.2) is 0 Å². The van der Waals surface area contributed by atoms with E-state index in [1.165, 1.54) is 0 Å². The molecule has 26 heavy (non-hydrogen) atoms. The molecule has 0 aliphatic rings. The third-order valence-corrected chi connectivity index (χ3v) is 4.63. The first-order valence-electron chi connectivity index (χ1n) is 8.35.